The summed E-state index contributed by atoms with van der Waals surface area (Å²) < 4.78 is 0. The van der Waals surface area contributed by atoms with Crippen molar-refractivity contribution in [1.29, 1.82) is 0 Å². The van der Waals surface area contributed by atoms with E-state index >= 15 is 0 Å². The lowest BCUT2D eigenvalue weighted by atomic mass is 10.1. The van der Waals surface area contributed by atoms with E-state index in [-0.39, 0.29) is 30.3 Å². The van der Waals surface area contributed by atoms with Gasteiger partial charge in [0, 0.05) is 30.4 Å². The molecule has 2 heterocycles. The number of thiophene rings is 1. The monoisotopic (exact) mass is 332 g/mol. The van der Waals surface area contributed by atoms with Crippen LogP contribution in [0.15, 0.2) is 6.07 Å². The lowest BCUT2D eigenvalue weighted by molar-refractivity contribution is 0.0931. The molecule has 1 aliphatic rings. The van der Waals surface area contributed by atoms with Crippen LogP contribution >= 0.6 is 23.7 Å². The minimum atomic E-state index is -0.347. The van der Waals surface area contributed by atoms with E-state index in [1.165, 1.54) is 10.4 Å². The fourth-order valence-corrected chi connectivity index (χ4v) is 3.83. The Labute approximate surface area is 136 Å². The molecule has 1 aromatic rings. The molecule has 2 atom stereocenters. The van der Waals surface area contributed by atoms with Crippen molar-refractivity contribution in [3.05, 3.63) is 21.4 Å². The van der Waals surface area contributed by atoms with E-state index in [2.05, 4.69) is 24.5 Å². The molecule has 4 nitrogen and oxygen atoms in total. The highest BCUT2D eigenvalue weighted by molar-refractivity contribution is 7.14. The van der Waals surface area contributed by atoms with Crippen LogP contribution in [-0.4, -0.2) is 36.8 Å². The first-order valence-electron chi connectivity index (χ1n) is 7.44. The Morgan fingerprint density at radius 3 is 2.81 bits per heavy atom. The van der Waals surface area contributed by atoms with Crippen molar-refractivity contribution in [1.82, 2.24) is 10.6 Å². The number of aryl methyl sites for hydroxylation is 2. The molecular weight excluding hydrogens is 308 g/mol. The molecule has 0 spiro atoms. The predicted molar refractivity (Wildman–Crippen MR) is 89.6 cm³/mol. The Hall–Kier alpha value is -0.620. The number of halogens is 1. The average molecular weight is 333 g/mol. The van der Waals surface area contributed by atoms with Crippen LogP contribution in [0.4, 0.5) is 0 Å². The van der Waals surface area contributed by atoms with Crippen molar-refractivity contribution in [3.8, 4) is 0 Å². The first kappa shape index (κ1) is 18.4. The van der Waals surface area contributed by atoms with Crippen LogP contribution in [0, 0.1) is 5.92 Å². The van der Waals surface area contributed by atoms with Crippen molar-refractivity contribution in [2.24, 2.45) is 5.92 Å². The minimum Gasteiger partial charge on any atom is -0.391 e. The quantitative estimate of drug-likeness (QED) is 0.746. The lowest BCUT2D eigenvalue weighted by Gasteiger charge is -2.13. The van der Waals surface area contributed by atoms with Crippen LogP contribution in [0.25, 0.3) is 0 Å². The number of aliphatic hydroxyl groups is 1. The number of carbonyl (C=O) groups excluding carboxylic acids is 1. The molecule has 0 aliphatic carbocycles. The van der Waals surface area contributed by atoms with Crippen molar-refractivity contribution in [3.63, 3.8) is 0 Å². The van der Waals surface area contributed by atoms with Gasteiger partial charge >= 0.3 is 0 Å². The third-order valence-corrected chi connectivity index (χ3v) is 5.04. The maximum Gasteiger partial charge on any atom is 0.261 e. The average Bonchev–Trinajstić information content (AvgIpc) is 3.03. The Morgan fingerprint density at radius 2 is 2.24 bits per heavy atom. The summed E-state index contributed by atoms with van der Waals surface area (Å²) in [6, 6.07) is 2.02. The standard InChI is InChI=1S/C15H24N2O2S.ClH/c1-3-5-13-10(4-2)6-14(20-13)15(19)17-8-11-7-16-9-12(11)18;/h6,11-12,16,18H,3-5,7-9H2,1-2H3,(H,17,19);1H. The van der Waals surface area contributed by atoms with Crippen LogP contribution in [0.2, 0.25) is 0 Å². The highest BCUT2D eigenvalue weighted by atomic mass is 35.5. The Bertz CT molecular complexity index is 465. The summed E-state index contributed by atoms with van der Waals surface area (Å²) in [7, 11) is 0. The van der Waals surface area contributed by atoms with E-state index < -0.39 is 0 Å². The maximum atomic E-state index is 12.2. The molecule has 1 aromatic heterocycles. The normalized spacial score (nSPS) is 21.1. The molecule has 1 aliphatic heterocycles. The zero-order valence-electron chi connectivity index (χ0n) is 12.6. The van der Waals surface area contributed by atoms with E-state index in [0.29, 0.717) is 13.1 Å². The molecule has 120 valence electrons. The molecular formula is C15H25ClN2O2S. The van der Waals surface area contributed by atoms with Crippen LogP contribution < -0.4 is 10.6 Å². The first-order chi connectivity index (χ1) is 9.65. The second-order valence-corrected chi connectivity index (χ2v) is 6.50. The Morgan fingerprint density at radius 1 is 1.48 bits per heavy atom. The van der Waals surface area contributed by atoms with Crippen LogP contribution in [-0.2, 0) is 12.8 Å². The van der Waals surface area contributed by atoms with Crippen LogP contribution in [0.3, 0.4) is 0 Å². The van der Waals surface area contributed by atoms with Gasteiger partial charge in [-0.15, -0.1) is 23.7 Å². The SMILES string of the molecule is CCCc1sc(C(=O)NCC2CNCC2O)cc1CC.Cl. The summed E-state index contributed by atoms with van der Waals surface area (Å²) in [5.41, 5.74) is 1.30. The third-order valence-electron chi connectivity index (χ3n) is 3.81. The molecule has 6 heteroatoms. The molecule has 2 unspecified atom stereocenters. The predicted octanol–water partition coefficient (Wildman–Crippen LogP) is 1.99. The van der Waals surface area contributed by atoms with Crippen molar-refractivity contribution in [2.45, 2.75) is 39.2 Å². The maximum absolute atomic E-state index is 12.2. The van der Waals surface area contributed by atoms with Gasteiger partial charge in [0.1, 0.15) is 0 Å². The topological polar surface area (TPSA) is 61.4 Å². The van der Waals surface area contributed by atoms with Gasteiger partial charge in [0.15, 0.2) is 0 Å². The molecule has 0 aromatic carbocycles. The van der Waals surface area contributed by atoms with Gasteiger partial charge in [-0.25, -0.2) is 0 Å². The van der Waals surface area contributed by atoms with Gasteiger partial charge in [0.2, 0.25) is 0 Å². The van der Waals surface area contributed by atoms with E-state index in [1.807, 2.05) is 6.07 Å². The smallest absolute Gasteiger partial charge is 0.261 e. The molecule has 21 heavy (non-hydrogen) atoms. The van der Waals surface area contributed by atoms with Gasteiger partial charge in [0.25, 0.3) is 5.91 Å². The van der Waals surface area contributed by atoms with Gasteiger partial charge < -0.3 is 15.7 Å². The van der Waals surface area contributed by atoms with Gasteiger partial charge in [0.05, 0.1) is 11.0 Å². The summed E-state index contributed by atoms with van der Waals surface area (Å²) in [6.07, 6.45) is 2.78. The summed E-state index contributed by atoms with van der Waals surface area (Å²) in [4.78, 5) is 14.3. The fraction of sp³-hybridized carbons (Fsp3) is 0.667. The molecule has 0 bridgehead atoms. The third kappa shape index (κ3) is 4.68. The highest BCUT2D eigenvalue weighted by Gasteiger charge is 2.25. The van der Waals surface area contributed by atoms with Gasteiger partial charge in [-0.05, 0) is 24.5 Å². The van der Waals surface area contributed by atoms with Crippen LogP contribution in [0.1, 0.15) is 40.4 Å². The molecule has 1 saturated heterocycles. The summed E-state index contributed by atoms with van der Waals surface area (Å²) in [5, 5.41) is 15.8. The molecule has 1 fully saturated rings. The number of hydrogen-bond donors (Lipinski definition) is 3. The van der Waals surface area contributed by atoms with Gasteiger partial charge in [-0.1, -0.05) is 20.3 Å². The lowest BCUT2D eigenvalue weighted by Crippen LogP contribution is -2.34. The van der Waals surface area contributed by atoms with E-state index in [9.17, 15) is 9.90 Å². The Balaban J connectivity index is 0.00000220. The Kier molecular flexibility index (Phi) is 7.66. The zero-order chi connectivity index (χ0) is 14.5. The number of rotatable bonds is 6. The van der Waals surface area contributed by atoms with Crippen molar-refractivity contribution >= 4 is 29.7 Å². The van der Waals surface area contributed by atoms with Gasteiger partial charge in [-0.3, -0.25) is 4.79 Å². The number of amides is 1. The molecule has 1 amide bonds. The second kappa shape index (κ2) is 8.73. The molecule has 2 rings (SSSR count). The van der Waals surface area contributed by atoms with Crippen molar-refractivity contribution < 1.29 is 9.90 Å². The largest absolute Gasteiger partial charge is 0.391 e. The van der Waals surface area contributed by atoms with Crippen LogP contribution in [0.5, 0.6) is 0 Å². The number of nitrogens with one attached hydrogen (secondary N) is 2. The summed E-state index contributed by atoms with van der Waals surface area (Å²) >= 11 is 1.61. The number of aliphatic hydroxyl groups excluding tert-OH is 1. The fourth-order valence-electron chi connectivity index (χ4n) is 2.55. The van der Waals surface area contributed by atoms with Crippen molar-refractivity contribution in [2.75, 3.05) is 19.6 Å². The number of hydrogen-bond acceptors (Lipinski definition) is 4. The van der Waals surface area contributed by atoms with E-state index in [1.54, 1.807) is 11.3 Å². The molecule has 0 radical (unpaired) electrons. The summed E-state index contributed by atoms with van der Waals surface area (Å²) in [6.45, 7) is 6.22. The number of β-amino-alcohol motifs (C(OH)–C–C–N with tert-alkyl or cyclic N) is 1. The molecule has 0 saturated carbocycles. The van der Waals surface area contributed by atoms with Gasteiger partial charge in [-0.2, -0.15) is 0 Å². The minimum absolute atomic E-state index is 0. The highest BCUT2D eigenvalue weighted by Crippen LogP contribution is 2.24. The van der Waals surface area contributed by atoms with E-state index in [0.717, 1.165) is 30.7 Å². The summed E-state index contributed by atoms with van der Waals surface area (Å²) in [5.74, 6) is 0.117. The second-order valence-electron chi connectivity index (χ2n) is 5.36. The number of carbonyl (C=O) groups is 1. The first-order valence-corrected chi connectivity index (χ1v) is 8.25. The zero-order valence-corrected chi connectivity index (χ0v) is 14.3. The van der Waals surface area contributed by atoms with E-state index in [4.69, 9.17) is 0 Å². The molecule has 3 N–H and O–H groups in total.